The second-order valence-electron chi connectivity index (χ2n) is 7.66. The van der Waals surface area contributed by atoms with Crippen molar-refractivity contribution in [3.63, 3.8) is 0 Å². The molecular weight excluding hydrogens is 364 g/mol. The van der Waals surface area contributed by atoms with Crippen LogP contribution in [0, 0.1) is 13.8 Å². The number of fused-ring (bicyclic) bond motifs is 2. The van der Waals surface area contributed by atoms with E-state index in [1.54, 1.807) is 17.9 Å². The van der Waals surface area contributed by atoms with Crippen molar-refractivity contribution in [3.8, 4) is 0 Å². The highest BCUT2D eigenvalue weighted by atomic mass is 16.5. The quantitative estimate of drug-likeness (QED) is 0.637. The molecule has 1 aliphatic heterocycles. The van der Waals surface area contributed by atoms with Crippen LogP contribution in [0.1, 0.15) is 39.7 Å². The molecule has 2 heterocycles. The van der Waals surface area contributed by atoms with Gasteiger partial charge in [0.1, 0.15) is 0 Å². The van der Waals surface area contributed by atoms with Gasteiger partial charge in [-0.2, -0.15) is 0 Å². The van der Waals surface area contributed by atoms with E-state index in [0.29, 0.717) is 18.7 Å². The van der Waals surface area contributed by atoms with Crippen LogP contribution >= 0.6 is 0 Å². The molecule has 0 saturated carbocycles. The predicted octanol–water partition coefficient (Wildman–Crippen LogP) is 3.98. The molecule has 29 heavy (non-hydrogen) atoms. The van der Waals surface area contributed by atoms with Crippen molar-refractivity contribution in [3.05, 3.63) is 76.5 Å². The molecule has 0 fully saturated rings. The Labute approximate surface area is 170 Å². The summed E-state index contributed by atoms with van der Waals surface area (Å²) in [5, 5.41) is 0.743. The van der Waals surface area contributed by atoms with Crippen molar-refractivity contribution < 1.29 is 14.3 Å². The van der Waals surface area contributed by atoms with E-state index in [4.69, 9.17) is 4.74 Å². The van der Waals surface area contributed by atoms with Gasteiger partial charge >= 0.3 is 5.97 Å². The molecule has 2 aromatic carbocycles. The van der Waals surface area contributed by atoms with E-state index < -0.39 is 12.1 Å². The molecule has 0 N–H and O–H groups in total. The Balaban J connectivity index is 1.52. The fourth-order valence-electron chi connectivity index (χ4n) is 3.86. The van der Waals surface area contributed by atoms with Crippen LogP contribution in [0.3, 0.4) is 0 Å². The Hall–Kier alpha value is -3.21. The van der Waals surface area contributed by atoms with Crippen LogP contribution in [0.15, 0.2) is 48.5 Å². The van der Waals surface area contributed by atoms with Gasteiger partial charge in [-0.3, -0.25) is 9.78 Å². The summed E-state index contributed by atoms with van der Waals surface area (Å²) in [5.74, 6) is -0.663. The van der Waals surface area contributed by atoms with Gasteiger partial charge < -0.3 is 9.64 Å². The van der Waals surface area contributed by atoms with Crippen molar-refractivity contribution >= 4 is 22.8 Å². The van der Waals surface area contributed by atoms with Gasteiger partial charge in [-0.05, 0) is 56.5 Å². The zero-order chi connectivity index (χ0) is 20.5. The molecule has 4 rings (SSSR count). The van der Waals surface area contributed by atoms with Crippen LogP contribution in [0.2, 0.25) is 0 Å². The lowest BCUT2D eigenvalue weighted by Gasteiger charge is -2.30. The maximum atomic E-state index is 12.9. The minimum Gasteiger partial charge on any atom is -0.449 e. The number of hydrogen-bond donors (Lipinski definition) is 0. The van der Waals surface area contributed by atoms with Crippen molar-refractivity contribution in [1.29, 1.82) is 0 Å². The van der Waals surface area contributed by atoms with E-state index in [9.17, 15) is 9.59 Å². The Morgan fingerprint density at radius 3 is 2.62 bits per heavy atom. The van der Waals surface area contributed by atoms with Crippen LogP contribution in [0.5, 0.6) is 0 Å². The molecule has 1 unspecified atom stereocenters. The Morgan fingerprint density at radius 1 is 1.07 bits per heavy atom. The molecule has 1 atom stereocenters. The van der Waals surface area contributed by atoms with Crippen LogP contribution in [0.25, 0.3) is 10.9 Å². The molecule has 1 aliphatic rings. The summed E-state index contributed by atoms with van der Waals surface area (Å²) in [6.45, 7) is 6.63. The Kier molecular flexibility index (Phi) is 5.05. The van der Waals surface area contributed by atoms with E-state index in [1.807, 2.05) is 50.2 Å². The minimum atomic E-state index is -0.846. The highest BCUT2D eigenvalue weighted by Gasteiger charge is 2.27. The first-order valence-corrected chi connectivity index (χ1v) is 9.87. The largest absolute Gasteiger partial charge is 0.449 e. The zero-order valence-corrected chi connectivity index (χ0v) is 16.9. The average molecular weight is 388 g/mol. The van der Waals surface area contributed by atoms with Crippen LogP contribution < -0.4 is 0 Å². The fourth-order valence-corrected chi connectivity index (χ4v) is 3.86. The maximum absolute atomic E-state index is 12.9. The number of carbonyl (C=O) groups is 2. The highest BCUT2D eigenvalue weighted by molar-refractivity contribution is 6.04. The molecule has 148 valence electrons. The Morgan fingerprint density at radius 2 is 1.83 bits per heavy atom. The number of ether oxygens (including phenoxy) is 1. The number of rotatable bonds is 3. The Bertz CT molecular complexity index is 1110. The van der Waals surface area contributed by atoms with Gasteiger partial charge in [0, 0.05) is 24.2 Å². The molecule has 1 amide bonds. The van der Waals surface area contributed by atoms with Gasteiger partial charge in [0.25, 0.3) is 5.91 Å². The molecule has 5 nitrogen and oxygen atoms in total. The lowest BCUT2D eigenvalue weighted by molar-refractivity contribution is -0.140. The third-order valence-corrected chi connectivity index (χ3v) is 5.39. The van der Waals surface area contributed by atoms with Crippen molar-refractivity contribution in [2.45, 2.75) is 39.8 Å². The molecule has 0 bridgehead atoms. The number of hydrogen-bond acceptors (Lipinski definition) is 4. The summed E-state index contributed by atoms with van der Waals surface area (Å²) in [6, 6.07) is 15.6. The topological polar surface area (TPSA) is 59.5 Å². The lowest BCUT2D eigenvalue weighted by atomic mass is 9.99. The number of amides is 1. The highest BCUT2D eigenvalue weighted by Crippen LogP contribution is 2.23. The molecule has 0 saturated heterocycles. The standard InChI is InChI=1S/C24H24N2O3/c1-15-8-9-22-20(12-15)21(13-16(2)25-22)24(28)29-17(3)23(27)26-11-10-18-6-4-5-7-19(18)14-26/h4-9,12-13,17H,10-11,14H2,1-3H3. The maximum Gasteiger partial charge on any atom is 0.339 e. The van der Waals surface area contributed by atoms with Crippen molar-refractivity contribution in [2.24, 2.45) is 0 Å². The summed E-state index contributed by atoms with van der Waals surface area (Å²) < 4.78 is 5.58. The van der Waals surface area contributed by atoms with E-state index in [-0.39, 0.29) is 5.91 Å². The summed E-state index contributed by atoms with van der Waals surface area (Å²) in [4.78, 5) is 32.0. The van der Waals surface area contributed by atoms with Gasteiger partial charge in [-0.25, -0.2) is 4.79 Å². The van der Waals surface area contributed by atoms with E-state index in [0.717, 1.165) is 34.1 Å². The van der Waals surface area contributed by atoms with Crippen molar-refractivity contribution in [2.75, 3.05) is 6.54 Å². The second-order valence-corrected chi connectivity index (χ2v) is 7.66. The number of aromatic nitrogens is 1. The zero-order valence-electron chi connectivity index (χ0n) is 16.9. The number of pyridine rings is 1. The molecule has 3 aromatic rings. The van der Waals surface area contributed by atoms with E-state index in [2.05, 4.69) is 11.1 Å². The van der Waals surface area contributed by atoms with Gasteiger partial charge in [0.05, 0.1) is 11.1 Å². The summed E-state index contributed by atoms with van der Waals surface area (Å²) in [6.07, 6.45) is -0.0307. The molecule has 0 aliphatic carbocycles. The minimum absolute atomic E-state index is 0.167. The van der Waals surface area contributed by atoms with Gasteiger partial charge in [0.15, 0.2) is 6.10 Å². The third-order valence-electron chi connectivity index (χ3n) is 5.39. The number of benzene rings is 2. The molecule has 0 radical (unpaired) electrons. The van der Waals surface area contributed by atoms with Gasteiger partial charge in [-0.15, -0.1) is 0 Å². The number of aryl methyl sites for hydroxylation is 2. The predicted molar refractivity (Wildman–Crippen MR) is 112 cm³/mol. The lowest BCUT2D eigenvalue weighted by Crippen LogP contribution is -2.42. The summed E-state index contributed by atoms with van der Waals surface area (Å²) >= 11 is 0. The average Bonchev–Trinajstić information content (AvgIpc) is 2.72. The first-order valence-electron chi connectivity index (χ1n) is 9.87. The van der Waals surface area contributed by atoms with Crippen LogP contribution in [-0.2, 0) is 22.5 Å². The molecular formula is C24H24N2O3. The van der Waals surface area contributed by atoms with Crippen molar-refractivity contribution in [1.82, 2.24) is 9.88 Å². The monoisotopic (exact) mass is 388 g/mol. The summed E-state index contributed by atoms with van der Waals surface area (Å²) in [5.41, 5.74) is 5.38. The smallest absolute Gasteiger partial charge is 0.339 e. The first-order chi connectivity index (χ1) is 13.9. The number of carbonyl (C=O) groups excluding carboxylic acids is 2. The normalized spacial score (nSPS) is 14.4. The fraction of sp³-hybridized carbons (Fsp3) is 0.292. The van der Waals surface area contributed by atoms with Crippen LogP contribution in [0.4, 0.5) is 0 Å². The summed E-state index contributed by atoms with van der Waals surface area (Å²) in [7, 11) is 0. The molecule has 5 heteroatoms. The van der Waals surface area contributed by atoms with Crippen LogP contribution in [-0.4, -0.2) is 34.4 Å². The second kappa shape index (κ2) is 7.66. The number of esters is 1. The van der Waals surface area contributed by atoms with Gasteiger partial charge in [-0.1, -0.05) is 35.9 Å². The van der Waals surface area contributed by atoms with E-state index in [1.165, 1.54) is 5.56 Å². The van der Waals surface area contributed by atoms with E-state index >= 15 is 0 Å². The third kappa shape index (κ3) is 3.86. The SMILES string of the molecule is Cc1ccc2nc(C)cc(C(=O)OC(C)C(=O)N3CCc4ccccc4C3)c2c1. The molecule has 1 aromatic heterocycles. The first kappa shape index (κ1) is 19.1. The molecule has 0 spiro atoms. The number of nitrogens with zero attached hydrogens (tertiary/aromatic N) is 2. The van der Waals surface area contributed by atoms with Gasteiger partial charge in [0.2, 0.25) is 0 Å².